The highest BCUT2D eigenvalue weighted by atomic mass is 19.4. The van der Waals surface area contributed by atoms with Gasteiger partial charge in [0.1, 0.15) is 5.76 Å². The van der Waals surface area contributed by atoms with Crippen LogP contribution in [0.2, 0.25) is 0 Å². The molecule has 2 heterocycles. The minimum absolute atomic E-state index is 0.105. The van der Waals surface area contributed by atoms with E-state index in [-0.39, 0.29) is 11.8 Å². The summed E-state index contributed by atoms with van der Waals surface area (Å²) in [5.74, 6) is 0.858. The third kappa shape index (κ3) is 3.71. The molecule has 19 heavy (non-hydrogen) atoms. The first-order valence-electron chi connectivity index (χ1n) is 6.12. The van der Waals surface area contributed by atoms with E-state index in [1.807, 2.05) is 0 Å². The molecule has 4 nitrogen and oxygen atoms in total. The Kier molecular flexibility index (Phi) is 4.11. The lowest BCUT2D eigenvalue weighted by molar-refractivity contribution is -0.142. The average Bonchev–Trinajstić information content (AvgIpc) is 2.69. The zero-order valence-electron chi connectivity index (χ0n) is 10.5. The Bertz CT molecular complexity index is 454. The zero-order valence-corrected chi connectivity index (χ0v) is 10.5. The van der Waals surface area contributed by atoms with Crippen molar-refractivity contribution in [2.45, 2.75) is 44.3 Å². The largest absolute Gasteiger partial charge is 0.484 e. The minimum atomic E-state index is -4.47. The molecule has 0 radical (unpaired) electrons. The normalized spacial score (nSPS) is 20.8. The first-order chi connectivity index (χ1) is 8.99. The van der Waals surface area contributed by atoms with Gasteiger partial charge in [-0.2, -0.15) is 13.2 Å². The Morgan fingerprint density at radius 1 is 1.42 bits per heavy atom. The van der Waals surface area contributed by atoms with Crippen LogP contribution in [0.4, 0.5) is 13.2 Å². The Balaban J connectivity index is 2.05. The van der Waals surface area contributed by atoms with E-state index in [1.165, 1.54) is 0 Å². The molecule has 0 saturated carbocycles. The van der Waals surface area contributed by atoms with Gasteiger partial charge in [-0.1, -0.05) is 11.6 Å². The first kappa shape index (κ1) is 13.9. The molecule has 1 aliphatic heterocycles. The van der Waals surface area contributed by atoms with E-state index in [0.29, 0.717) is 12.3 Å². The Labute approximate surface area is 108 Å². The van der Waals surface area contributed by atoms with E-state index < -0.39 is 11.9 Å². The fourth-order valence-corrected chi connectivity index (χ4v) is 2.07. The molecule has 0 amide bonds. The average molecular weight is 276 g/mol. The number of methoxy groups -OCH3 is 1. The third-order valence-electron chi connectivity index (χ3n) is 3.03. The number of aliphatic imine (C=N–C) groups is 1. The van der Waals surface area contributed by atoms with Gasteiger partial charge in [0.15, 0.2) is 11.6 Å². The molecule has 2 rings (SSSR count). The number of halogens is 3. The molecule has 0 bridgehead atoms. The number of hydrogen-bond donors (Lipinski definition) is 0. The van der Waals surface area contributed by atoms with Crippen LogP contribution in [0, 0.1) is 0 Å². The van der Waals surface area contributed by atoms with Gasteiger partial charge in [-0.3, -0.25) is 4.99 Å². The lowest BCUT2D eigenvalue weighted by Gasteiger charge is -2.08. The summed E-state index contributed by atoms with van der Waals surface area (Å²) in [7, 11) is 1.55. The zero-order chi connectivity index (χ0) is 13.9. The van der Waals surface area contributed by atoms with Gasteiger partial charge in [0, 0.05) is 18.9 Å². The van der Waals surface area contributed by atoms with Gasteiger partial charge >= 0.3 is 6.18 Å². The second-order valence-electron chi connectivity index (χ2n) is 4.51. The number of aromatic nitrogens is 1. The van der Waals surface area contributed by atoms with Crippen LogP contribution in [0.5, 0.6) is 0 Å². The maximum Gasteiger partial charge on any atom is 0.436 e. The molecular weight excluding hydrogens is 261 g/mol. The predicted octanol–water partition coefficient (Wildman–Crippen LogP) is 3.22. The minimum Gasteiger partial charge on any atom is -0.484 e. The van der Waals surface area contributed by atoms with Crippen LogP contribution in [-0.2, 0) is 17.3 Å². The molecule has 0 fully saturated rings. The molecule has 0 N–H and O–H groups in total. The SMILES string of the molecule is COC1=NC(Cc2cc(C(F)(F)F)no2)CCCC1. The maximum atomic E-state index is 12.4. The van der Waals surface area contributed by atoms with Crippen molar-refractivity contribution < 1.29 is 22.4 Å². The van der Waals surface area contributed by atoms with E-state index in [0.717, 1.165) is 31.7 Å². The van der Waals surface area contributed by atoms with Crippen molar-refractivity contribution in [2.75, 3.05) is 7.11 Å². The summed E-state index contributed by atoms with van der Waals surface area (Å²) in [4.78, 5) is 4.39. The fraction of sp³-hybridized carbons (Fsp3) is 0.667. The molecule has 1 aliphatic rings. The lowest BCUT2D eigenvalue weighted by atomic mass is 10.1. The van der Waals surface area contributed by atoms with E-state index in [9.17, 15) is 13.2 Å². The molecule has 1 unspecified atom stereocenters. The summed E-state index contributed by atoms with van der Waals surface area (Å²) in [5.41, 5.74) is -0.993. The first-order valence-corrected chi connectivity index (χ1v) is 6.12. The smallest absolute Gasteiger partial charge is 0.436 e. The van der Waals surface area contributed by atoms with Crippen molar-refractivity contribution in [3.63, 3.8) is 0 Å². The van der Waals surface area contributed by atoms with Crippen molar-refractivity contribution in [1.82, 2.24) is 5.16 Å². The lowest BCUT2D eigenvalue weighted by Crippen LogP contribution is -2.10. The Morgan fingerprint density at radius 2 is 2.21 bits per heavy atom. The van der Waals surface area contributed by atoms with Gasteiger partial charge in [-0.15, -0.1) is 0 Å². The molecule has 0 spiro atoms. The Morgan fingerprint density at radius 3 is 2.84 bits per heavy atom. The molecular formula is C12H15F3N2O2. The second kappa shape index (κ2) is 5.63. The highest BCUT2D eigenvalue weighted by Gasteiger charge is 2.35. The van der Waals surface area contributed by atoms with Crippen molar-refractivity contribution in [3.8, 4) is 0 Å². The predicted molar refractivity (Wildman–Crippen MR) is 61.9 cm³/mol. The van der Waals surface area contributed by atoms with Gasteiger partial charge in [0.05, 0.1) is 13.2 Å². The van der Waals surface area contributed by atoms with Gasteiger partial charge in [-0.25, -0.2) is 0 Å². The van der Waals surface area contributed by atoms with Crippen LogP contribution in [0.1, 0.15) is 37.1 Å². The molecule has 0 aliphatic carbocycles. The topological polar surface area (TPSA) is 47.6 Å². The van der Waals surface area contributed by atoms with Crippen molar-refractivity contribution in [3.05, 3.63) is 17.5 Å². The van der Waals surface area contributed by atoms with E-state index in [4.69, 9.17) is 9.26 Å². The number of alkyl halides is 3. The standard InChI is InChI=1S/C12H15F3N2O2/c1-18-11-5-3-2-4-8(16-11)6-9-7-10(17-19-9)12(13,14)15/h7-8H,2-6H2,1H3. The highest BCUT2D eigenvalue weighted by molar-refractivity contribution is 5.76. The van der Waals surface area contributed by atoms with Crippen LogP contribution in [0.25, 0.3) is 0 Å². The number of ether oxygens (including phenoxy) is 1. The molecule has 106 valence electrons. The molecule has 1 aromatic rings. The maximum absolute atomic E-state index is 12.4. The summed E-state index contributed by atoms with van der Waals surface area (Å²) in [6.45, 7) is 0. The van der Waals surface area contributed by atoms with Gasteiger partial charge in [-0.05, 0) is 12.8 Å². The summed E-state index contributed by atoms with van der Waals surface area (Å²) >= 11 is 0. The van der Waals surface area contributed by atoms with Crippen molar-refractivity contribution in [2.24, 2.45) is 4.99 Å². The number of hydrogen-bond acceptors (Lipinski definition) is 4. The van der Waals surface area contributed by atoms with Crippen LogP contribution >= 0.6 is 0 Å². The highest BCUT2D eigenvalue weighted by Crippen LogP contribution is 2.29. The van der Waals surface area contributed by atoms with E-state index in [1.54, 1.807) is 7.11 Å². The summed E-state index contributed by atoms with van der Waals surface area (Å²) in [6.07, 6.45) is -0.608. The van der Waals surface area contributed by atoms with E-state index in [2.05, 4.69) is 10.1 Å². The van der Waals surface area contributed by atoms with Crippen LogP contribution in [-0.4, -0.2) is 24.2 Å². The van der Waals surface area contributed by atoms with Crippen LogP contribution in [0.3, 0.4) is 0 Å². The molecule has 0 aromatic carbocycles. The number of nitrogens with zero attached hydrogens (tertiary/aromatic N) is 2. The molecule has 1 aromatic heterocycles. The quantitative estimate of drug-likeness (QED) is 0.833. The van der Waals surface area contributed by atoms with Crippen molar-refractivity contribution >= 4 is 5.90 Å². The fourth-order valence-electron chi connectivity index (χ4n) is 2.07. The van der Waals surface area contributed by atoms with Gasteiger partial charge < -0.3 is 9.26 Å². The molecule has 0 saturated heterocycles. The monoisotopic (exact) mass is 276 g/mol. The van der Waals surface area contributed by atoms with Crippen LogP contribution in [0.15, 0.2) is 15.6 Å². The third-order valence-corrected chi connectivity index (χ3v) is 3.03. The summed E-state index contributed by atoms with van der Waals surface area (Å²) < 4.78 is 47.0. The van der Waals surface area contributed by atoms with Gasteiger partial charge in [0.2, 0.25) is 0 Å². The number of rotatable bonds is 2. The van der Waals surface area contributed by atoms with Crippen molar-refractivity contribution in [1.29, 1.82) is 0 Å². The van der Waals surface area contributed by atoms with Crippen LogP contribution < -0.4 is 0 Å². The summed E-state index contributed by atoms with van der Waals surface area (Å²) in [5, 5.41) is 3.04. The second-order valence-corrected chi connectivity index (χ2v) is 4.51. The molecule has 1 atom stereocenters. The van der Waals surface area contributed by atoms with Gasteiger partial charge in [0.25, 0.3) is 0 Å². The molecule has 7 heteroatoms. The Hall–Kier alpha value is -1.53. The summed E-state index contributed by atoms with van der Waals surface area (Å²) in [6, 6.07) is 0.832. The van der Waals surface area contributed by atoms with E-state index >= 15 is 0 Å².